The second-order valence-corrected chi connectivity index (χ2v) is 4.81. The number of fused-ring (bicyclic) bond motifs is 1. The highest BCUT2D eigenvalue weighted by molar-refractivity contribution is 5.92. The largest absolute Gasteiger partial charge is 0.486 e. The second-order valence-electron chi connectivity index (χ2n) is 4.81. The lowest BCUT2D eigenvalue weighted by atomic mass is 10.2. The lowest BCUT2D eigenvalue weighted by Crippen LogP contribution is -2.35. The van der Waals surface area contributed by atoms with E-state index in [-0.39, 0.29) is 18.6 Å². The van der Waals surface area contributed by atoms with Crippen molar-refractivity contribution in [3.8, 4) is 11.5 Å². The van der Waals surface area contributed by atoms with Gasteiger partial charge in [0.25, 0.3) is 5.91 Å². The first-order chi connectivity index (χ1) is 10.1. The van der Waals surface area contributed by atoms with Crippen LogP contribution in [0.4, 0.5) is 0 Å². The number of rotatable bonds is 5. The van der Waals surface area contributed by atoms with E-state index in [9.17, 15) is 9.59 Å². The van der Waals surface area contributed by atoms with E-state index >= 15 is 0 Å². The number of hydrogen-bond acceptors (Lipinski definition) is 5. The minimum atomic E-state index is -0.564. The van der Waals surface area contributed by atoms with Crippen molar-refractivity contribution < 1.29 is 23.8 Å². The predicted octanol–water partition coefficient (Wildman–Crippen LogP) is 1.53. The molecule has 0 unspecified atom stereocenters. The summed E-state index contributed by atoms with van der Waals surface area (Å²) in [5, 5.41) is 2.73. The van der Waals surface area contributed by atoms with Crippen LogP contribution in [0, 0.1) is 0 Å². The molecular formula is C15H19NO5. The van der Waals surface area contributed by atoms with Crippen LogP contribution in [-0.4, -0.2) is 37.7 Å². The molecule has 2 rings (SSSR count). The van der Waals surface area contributed by atoms with Gasteiger partial charge in [0.2, 0.25) is 0 Å². The molecule has 0 fully saturated rings. The predicted molar refractivity (Wildman–Crippen MR) is 75.6 cm³/mol. The van der Waals surface area contributed by atoms with Crippen LogP contribution in [0.25, 0.3) is 0 Å². The molecule has 6 nitrogen and oxygen atoms in total. The van der Waals surface area contributed by atoms with Gasteiger partial charge in [-0.05, 0) is 31.5 Å². The number of amides is 1. The van der Waals surface area contributed by atoms with Crippen molar-refractivity contribution in [1.29, 1.82) is 0 Å². The molecule has 0 saturated carbocycles. The molecule has 114 valence electrons. The van der Waals surface area contributed by atoms with Gasteiger partial charge < -0.3 is 19.5 Å². The lowest BCUT2D eigenvalue weighted by molar-refractivity contribution is -0.124. The molecule has 0 aromatic heterocycles. The minimum Gasteiger partial charge on any atom is -0.486 e. The number of carbonyl (C=O) groups is 2. The molecular weight excluding hydrogens is 274 g/mol. The Morgan fingerprint density at radius 3 is 2.71 bits per heavy atom. The monoisotopic (exact) mass is 293 g/mol. The fraction of sp³-hybridized carbons (Fsp3) is 0.467. The number of hydrogen-bond donors (Lipinski definition) is 1. The van der Waals surface area contributed by atoms with E-state index in [4.69, 9.17) is 14.2 Å². The first-order valence-electron chi connectivity index (χ1n) is 6.96. The van der Waals surface area contributed by atoms with Gasteiger partial charge in [0.1, 0.15) is 13.2 Å². The van der Waals surface area contributed by atoms with E-state index in [1.807, 2.05) is 13.8 Å². The maximum atomic E-state index is 11.9. The molecule has 0 spiro atoms. The van der Waals surface area contributed by atoms with Crippen molar-refractivity contribution in [3.05, 3.63) is 23.8 Å². The first kappa shape index (κ1) is 15.2. The lowest BCUT2D eigenvalue weighted by Gasteiger charge is -2.18. The highest BCUT2D eigenvalue weighted by atomic mass is 16.6. The van der Waals surface area contributed by atoms with Gasteiger partial charge in [0.05, 0.1) is 5.56 Å². The van der Waals surface area contributed by atoms with E-state index in [1.54, 1.807) is 18.2 Å². The van der Waals surface area contributed by atoms with E-state index < -0.39 is 5.97 Å². The Morgan fingerprint density at radius 1 is 1.29 bits per heavy atom. The summed E-state index contributed by atoms with van der Waals surface area (Å²) in [4.78, 5) is 23.4. The van der Waals surface area contributed by atoms with Crippen molar-refractivity contribution in [2.24, 2.45) is 0 Å². The van der Waals surface area contributed by atoms with E-state index in [2.05, 4.69) is 5.32 Å². The number of nitrogens with one attached hydrogen (secondary N) is 1. The third-order valence-corrected chi connectivity index (χ3v) is 3.13. The summed E-state index contributed by atoms with van der Waals surface area (Å²) in [5.41, 5.74) is 0.329. The van der Waals surface area contributed by atoms with Crippen LogP contribution in [0.5, 0.6) is 11.5 Å². The summed E-state index contributed by atoms with van der Waals surface area (Å²) in [6.07, 6.45) is 0.821. The summed E-state index contributed by atoms with van der Waals surface area (Å²) in [6.45, 7) is 4.50. The smallest absolute Gasteiger partial charge is 0.338 e. The average molecular weight is 293 g/mol. The van der Waals surface area contributed by atoms with Gasteiger partial charge >= 0.3 is 5.97 Å². The highest BCUT2D eigenvalue weighted by Crippen LogP contribution is 2.30. The highest BCUT2D eigenvalue weighted by Gasteiger charge is 2.16. The maximum absolute atomic E-state index is 11.9. The third-order valence-electron chi connectivity index (χ3n) is 3.13. The molecule has 1 aromatic carbocycles. The minimum absolute atomic E-state index is 0.0606. The van der Waals surface area contributed by atoms with Gasteiger partial charge in [0.15, 0.2) is 18.1 Å². The number of ether oxygens (including phenoxy) is 3. The third kappa shape index (κ3) is 4.11. The first-order valence-corrected chi connectivity index (χ1v) is 6.96. The van der Waals surface area contributed by atoms with Crippen molar-refractivity contribution in [3.63, 3.8) is 0 Å². The van der Waals surface area contributed by atoms with Gasteiger partial charge in [-0.3, -0.25) is 4.79 Å². The molecule has 1 atom stereocenters. The Labute approximate surface area is 123 Å². The van der Waals surface area contributed by atoms with Crippen LogP contribution in [0.3, 0.4) is 0 Å². The van der Waals surface area contributed by atoms with Gasteiger partial charge in [-0.2, -0.15) is 0 Å². The van der Waals surface area contributed by atoms with Crippen molar-refractivity contribution in [2.75, 3.05) is 19.8 Å². The standard InChI is InChI=1S/C15H19NO5/c1-3-10(2)16-14(17)9-21-15(18)11-4-5-12-13(8-11)20-7-6-19-12/h4-5,8,10H,3,6-7,9H2,1-2H3,(H,16,17)/t10-/m1/s1. The fourth-order valence-electron chi connectivity index (χ4n) is 1.80. The van der Waals surface area contributed by atoms with Crippen LogP contribution < -0.4 is 14.8 Å². The second kappa shape index (κ2) is 6.97. The quantitative estimate of drug-likeness (QED) is 0.833. The molecule has 1 N–H and O–H groups in total. The number of benzene rings is 1. The Balaban J connectivity index is 1.90. The topological polar surface area (TPSA) is 73.9 Å². The normalized spacial score (nSPS) is 14.2. The van der Waals surface area contributed by atoms with Crippen molar-refractivity contribution >= 4 is 11.9 Å². The average Bonchev–Trinajstić information content (AvgIpc) is 2.51. The molecule has 1 amide bonds. The number of carbonyl (C=O) groups excluding carboxylic acids is 2. The fourth-order valence-corrected chi connectivity index (χ4v) is 1.80. The Bertz CT molecular complexity index is 529. The van der Waals surface area contributed by atoms with Crippen molar-refractivity contribution in [1.82, 2.24) is 5.32 Å². The maximum Gasteiger partial charge on any atom is 0.338 e. The molecule has 1 aliphatic heterocycles. The molecule has 21 heavy (non-hydrogen) atoms. The van der Waals surface area contributed by atoms with Crippen molar-refractivity contribution in [2.45, 2.75) is 26.3 Å². The summed E-state index contributed by atoms with van der Waals surface area (Å²) in [7, 11) is 0. The molecule has 0 aliphatic carbocycles. The summed E-state index contributed by atoms with van der Waals surface area (Å²) in [6, 6.07) is 4.86. The Hall–Kier alpha value is -2.24. The molecule has 1 heterocycles. The van der Waals surface area contributed by atoms with Crippen LogP contribution in [0.15, 0.2) is 18.2 Å². The molecule has 1 aromatic rings. The van der Waals surface area contributed by atoms with E-state index in [1.165, 1.54) is 0 Å². The molecule has 6 heteroatoms. The SMILES string of the molecule is CC[C@@H](C)NC(=O)COC(=O)c1ccc2c(c1)OCCO2. The Kier molecular flexibility index (Phi) is 5.03. The summed E-state index contributed by atoms with van der Waals surface area (Å²) < 4.78 is 15.7. The molecule has 0 saturated heterocycles. The van der Waals surface area contributed by atoms with E-state index in [0.717, 1.165) is 6.42 Å². The van der Waals surface area contributed by atoms with Gasteiger partial charge in [-0.15, -0.1) is 0 Å². The zero-order valence-electron chi connectivity index (χ0n) is 12.2. The van der Waals surface area contributed by atoms with E-state index in [0.29, 0.717) is 30.3 Å². The van der Waals surface area contributed by atoms with Crippen LogP contribution in [0.2, 0.25) is 0 Å². The van der Waals surface area contributed by atoms with Crippen LogP contribution in [0.1, 0.15) is 30.6 Å². The molecule has 0 radical (unpaired) electrons. The zero-order valence-corrected chi connectivity index (χ0v) is 12.2. The summed E-state index contributed by atoms with van der Waals surface area (Å²) in [5.74, 6) is 0.244. The zero-order chi connectivity index (χ0) is 15.2. The molecule has 0 bridgehead atoms. The van der Waals surface area contributed by atoms with Crippen LogP contribution in [-0.2, 0) is 9.53 Å². The van der Waals surface area contributed by atoms with Gasteiger partial charge in [0, 0.05) is 6.04 Å². The summed E-state index contributed by atoms with van der Waals surface area (Å²) >= 11 is 0. The number of esters is 1. The van der Waals surface area contributed by atoms with Gasteiger partial charge in [-0.1, -0.05) is 6.92 Å². The van der Waals surface area contributed by atoms with Gasteiger partial charge in [-0.25, -0.2) is 4.79 Å². The van der Waals surface area contributed by atoms with Crippen LogP contribution >= 0.6 is 0 Å². The molecule has 1 aliphatic rings. The Morgan fingerprint density at radius 2 is 2.00 bits per heavy atom.